The van der Waals surface area contributed by atoms with Crippen LogP contribution in [0.1, 0.15) is 38.2 Å². The van der Waals surface area contributed by atoms with Crippen molar-refractivity contribution < 1.29 is 14.3 Å². The molecular formula is C19H23NO3. The van der Waals surface area contributed by atoms with Crippen LogP contribution in [0.3, 0.4) is 0 Å². The Morgan fingerprint density at radius 2 is 2.13 bits per heavy atom. The lowest BCUT2D eigenvalue weighted by Gasteiger charge is -2.32. The van der Waals surface area contributed by atoms with E-state index in [9.17, 15) is 9.59 Å². The summed E-state index contributed by atoms with van der Waals surface area (Å²) >= 11 is 0. The Labute approximate surface area is 137 Å². The van der Waals surface area contributed by atoms with E-state index in [0.717, 1.165) is 30.4 Å². The number of benzene rings is 1. The smallest absolute Gasteiger partial charge is 0.417 e. The fraction of sp³-hybridized carbons (Fsp3) is 0.368. The molecule has 0 aromatic heterocycles. The summed E-state index contributed by atoms with van der Waals surface area (Å²) in [6.45, 7) is 5.80. The molecular weight excluding hydrogens is 290 g/mol. The minimum Gasteiger partial charge on any atom is -0.444 e. The number of unbranched alkanes of at least 4 members (excludes halogenated alkanes) is 1. The third-order valence-corrected chi connectivity index (χ3v) is 3.88. The van der Waals surface area contributed by atoms with Crippen LogP contribution in [-0.4, -0.2) is 22.9 Å². The predicted molar refractivity (Wildman–Crippen MR) is 89.7 cm³/mol. The second kappa shape index (κ2) is 8.32. The number of carbonyl (C=O) groups excluding carboxylic acids is 2. The Morgan fingerprint density at radius 1 is 1.39 bits per heavy atom. The number of amides is 2. The Bertz CT molecular complexity index is 592. The van der Waals surface area contributed by atoms with Gasteiger partial charge in [0.2, 0.25) is 0 Å². The SMILES string of the molecule is C=CCCC[C@@H]1CC(C)=CC(=O)N1C(=O)OCc1ccccc1. The van der Waals surface area contributed by atoms with Crippen molar-refractivity contribution in [3.8, 4) is 0 Å². The van der Waals surface area contributed by atoms with Gasteiger partial charge in [-0.1, -0.05) is 42.0 Å². The van der Waals surface area contributed by atoms with Gasteiger partial charge in [-0.25, -0.2) is 9.69 Å². The first-order valence-electron chi connectivity index (χ1n) is 7.93. The highest BCUT2D eigenvalue weighted by Crippen LogP contribution is 2.24. The minimum atomic E-state index is -0.564. The molecule has 1 heterocycles. The van der Waals surface area contributed by atoms with Gasteiger partial charge in [0.05, 0.1) is 0 Å². The maximum absolute atomic E-state index is 12.4. The minimum absolute atomic E-state index is 0.129. The zero-order valence-electron chi connectivity index (χ0n) is 13.5. The maximum Gasteiger partial charge on any atom is 0.417 e. The molecule has 0 unspecified atom stereocenters. The molecule has 0 spiro atoms. The summed E-state index contributed by atoms with van der Waals surface area (Å²) in [6.07, 6.45) is 6.06. The van der Waals surface area contributed by atoms with Crippen LogP contribution >= 0.6 is 0 Å². The first-order chi connectivity index (χ1) is 11.1. The fourth-order valence-corrected chi connectivity index (χ4v) is 2.74. The molecule has 1 aliphatic rings. The van der Waals surface area contributed by atoms with Crippen molar-refractivity contribution in [1.82, 2.24) is 4.90 Å². The molecule has 0 radical (unpaired) electrons. The van der Waals surface area contributed by atoms with Gasteiger partial charge in [0.15, 0.2) is 0 Å². The van der Waals surface area contributed by atoms with Gasteiger partial charge in [0, 0.05) is 12.1 Å². The number of hydrogen-bond donors (Lipinski definition) is 0. The van der Waals surface area contributed by atoms with E-state index in [4.69, 9.17) is 4.74 Å². The molecule has 1 aromatic carbocycles. The molecule has 0 aliphatic carbocycles. The van der Waals surface area contributed by atoms with Crippen molar-refractivity contribution in [3.05, 3.63) is 60.2 Å². The summed E-state index contributed by atoms with van der Waals surface area (Å²) in [6, 6.07) is 9.32. The van der Waals surface area contributed by atoms with Gasteiger partial charge < -0.3 is 4.74 Å². The van der Waals surface area contributed by atoms with Gasteiger partial charge in [-0.3, -0.25) is 4.79 Å². The summed E-state index contributed by atoms with van der Waals surface area (Å²) in [5.74, 6) is -0.282. The molecule has 122 valence electrons. The molecule has 0 bridgehead atoms. The number of imide groups is 1. The van der Waals surface area contributed by atoms with E-state index < -0.39 is 6.09 Å². The van der Waals surface area contributed by atoms with Crippen LogP contribution in [0.5, 0.6) is 0 Å². The molecule has 2 rings (SSSR count). The number of carbonyl (C=O) groups is 2. The number of ether oxygens (including phenoxy) is 1. The van der Waals surface area contributed by atoms with Gasteiger partial charge >= 0.3 is 6.09 Å². The summed E-state index contributed by atoms with van der Waals surface area (Å²) in [4.78, 5) is 25.9. The lowest BCUT2D eigenvalue weighted by atomic mass is 9.96. The van der Waals surface area contributed by atoms with E-state index in [-0.39, 0.29) is 18.6 Å². The van der Waals surface area contributed by atoms with Crippen LogP contribution in [0, 0.1) is 0 Å². The monoisotopic (exact) mass is 313 g/mol. The molecule has 0 saturated heterocycles. The quantitative estimate of drug-likeness (QED) is 0.583. The topological polar surface area (TPSA) is 46.6 Å². The van der Waals surface area contributed by atoms with Gasteiger partial charge in [0.25, 0.3) is 5.91 Å². The number of nitrogens with zero attached hydrogens (tertiary/aromatic N) is 1. The molecule has 4 heteroatoms. The third-order valence-electron chi connectivity index (χ3n) is 3.88. The van der Waals surface area contributed by atoms with Crippen LogP contribution < -0.4 is 0 Å². The molecule has 0 saturated carbocycles. The average molecular weight is 313 g/mol. The van der Waals surface area contributed by atoms with E-state index in [0.29, 0.717) is 6.42 Å². The molecule has 0 fully saturated rings. The van der Waals surface area contributed by atoms with Crippen molar-refractivity contribution in [2.45, 2.75) is 45.3 Å². The first-order valence-corrected chi connectivity index (χ1v) is 7.93. The Morgan fingerprint density at radius 3 is 2.83 bits per heavy atom. The first kappa shape index (κ1) is 17.0. The molecule has 1 atom stereocenters. The highest BCUT2D eigenvalue weighted by molar-refractivity contribution is 6.00. The van der Waals surface area contributed by atoms with Crippen LogP contribution in [-0.2, 0) is 16.1 Å². The highest BCUT2D eigenvalue weighted by atomic mass is 16.6. The maximum atomic E-state index is 12.4. The van der Waals surface area contributed by atoms with E-state index in [1.807, 2.05) is 43.3 Å². The summed E-state index contributed by atoms with van der Waals surface area (Å²) in [7, 11) is 0. The molecule has 1 aromatic rings. The average Bonchev–Trinajstić information content (AvgIpc) is 2.53. The fourth-order valence-electron chi connectivity index (χ4n) is 2.74. The molecule has 4 nitrogen and oxygen atoms in total. The molecule has 23 heavy (non-hydrogen) atoms. The zero-order valence-corrected chi connectivity index (χ0v) is 13.5. The number of allylic oxidation sites excluding steroid dienone is 1. The second-order valence-corrected chi connectivity index (χ2v) is 5.82. The Kier molecular flexibility index (Phi) is 6.15. The van der Waals surface area contributed by atoms with Gasteiger partial charge in [0.1, 0.15) is 6.61 Å². The van der Waals surface area contributed by atoms with Crippen molar-refractivity contribution in [1.29, 1.82) is 0 Å². The summed E-state index contributed by atoms with van der Waals surface area (Å²) in [5.41, 5.74) is 1.91. The van der Waals surface area contributed by atoms with Gasteiger partial charge in [-0.2, -0.15) is 0 Å². The van der Waals surface area contributed by atoms with Crippen LogP contribution in [0.25, 0.3) is 0 Å². The Balaban J connectivity index is 2.01. The lowest BCUT2D eigenvalue weighted by Crippen LogP contribution is -2.46. The van der Waals surface area contributed by atoms with Gasteiger partial charge in [-0.05, 0) is 38.2 Å². The predicted octanol–water partition coefficient (Wildman–Crippen LogP) is 4.23. The third kappa shape index (κ3) is 4.81. The largest absolute Gasteiger partial charge is 0.444 e. The van der Waals surface area contributed by atoms with E-state index >= 15 is 0 Å². The molecule has 2 amide bonds. The summed E-state index contributed by atoms with van der Waals surface area (Å²) in [5, 5.41) is 0. The van der Waals surface area contributed by atoms with Gasteiger partial charge in [-0.15, -0.1) is 6.58 Å². The van der Waals surface area contributed by atoms with E-state index in [1.165, 1.54) is 11.0 Å². The molecule has 1 aliphatic heterocycles. The number of hydrogen-bond acceptors (Lipinski definition) is 3. The van der Waals surface area contributed by atoms with Crippen LogP contribution in [0.2, 0.25) is 0 Å². The Hall–Kier alpha value is -2.36. The van der Waals surface area contributed by atoms with Crippen LogP contribution in [0.15, 0.2) is 54.6 Å². The lowest BCUT2D eigenvalue weighted by molar-refractivity contribution is -0.127. The zero-order chi connectivity index (χ0) is 16.7. The van der Waals surface area contributed by atoms with E-state index in [1.54, 1.807) is 0 Å². The van der Waals surface area contributed by atoms with E-state index in [2.05, 4.69) is 6.58 Å². The normalized spacial score (nSPS) is 17.6. The number of rotatable bonds is 6. The van der Waals surface area contributed by atoms with Crippen molar-refractivity contribution >= 4 is 12.0 Å². The highest BCUT2D eigenvalue weighted by Gasteiger charge is 2.33. The van der Waals surface area contributed by atoms with Crippen LogP contribution in [0.4, 0.5) is 4.79 Å². The van der Waals surface area contributed by atoms with Crippen molar-refractivity contribution in [2.75, 3.05) is 0 Å². The summed E-state index contributed by atoms with van der Waals surface area (Å²) < 4.78 is 5.33. The molecule has 0 N–H and O–H groups in total. The standard InChI is InChI=1S/C19H23NO3/c1-3-4-6-11-17-12-15(2)13-18(21)20(17)19(22)23-14-16-9-7-5-8-10-16/h3,5,7-10,13,17H,1,4,6,11-12,14H2,2H3/t17-/m1/s1. The van der Waals surface area contributed by atoms with Crippen molar-refractivity contribution in [3.63, 3.8) is 0 Å². The second-order valence-electron chi connectivity index (χ2n) is 5.82. The van der Waals surface area contributed by atoms with Crippen molar-refractivity contribution in [2.24, 2.45) is 0 Å².